The molecule has 18 heavy (non-hydrogen) atoms. The molecule has 102 valence electrons. The summed E-state index contributed by atoms with van der Waals surface area (Å²) in [6.45, 7) is 2.40. The number of azide groups is 1. The van der Waals surface area contributed by atoms with Crippen LogP contribution in [-0.4, -0.2) is 45.4 Å². The van der Waals surface area contributed by atoms with Crippen molar-refractivity contribution in [2.45, 2.75) is 25.3 Å². The third-order valence-electron chi connectivity index (χ3n) is 2.98. The molecule has 1 rings (SSSR count). The van der Waals surface area contributed by atoms with Crippen LogP contribution in [0.5, 0.6) is 0 Å². The Kier molecular flexibility index (Phi) is 7.17. The van der Waals surface area contributed by atoms with Gasteiger partial charge in [0.05, 0.1) is 13.7 Å². The molecule has 0 spiro atoms. The van der Waals surface area contributed by atoms with Crippen LogP contribution in [0.15, 0.2) is 5.11 Å². The molecule has 1 heterocycles. The number of carbonyl (C=O) groups is 1. The molecule has 0 aromatic heterocycles. The third kappa shape index (κ3) is 4.91. The van der Waals surface area contributed by atoms with E-state index in [0.717, 1.165) is 19.4 Å². The lowest BCUT2D eigenvalue weighted by atomic mass is 9.93. The first-order valence-corrected chi connectivity index (χ1v) is 6.19. The van der Waals surface area contributed by atoms with E-state index in [9.17, 15) is 4.79 Å². The zero-order valence-electron chi connectivity index (χ0n) is 10.7. The zero-order chi connectivity index (χ0) is 13.2. The van der Waals surface area contributed by atoms with E-state index in [2.05, 4.69) is 15.3 Å². The van der Waals surface area contributed by atoms with Crippen LogP contribution in [0.4, 0.5) is 0 Å². The molecule has 1 N–H and O–H groups in total. The van der Waals surface area contributed by atoms with Crippen molar-refractivity contribution in [3.8, 4) is 0 Å². The van der Waals surface area contributed by atoms with Crippen LogP contribution in [0.3, 0.4) is 0 Å². The Bertz CT molecular complexity index is 299. The average Bonchev–Trinajstić information content (AvgIpc) is 2.43. The molecule has 1 aliphatic rings. The Morgan fingerprint density at radius 3 is 3.17 bits per heavy atom. The number of hydrogen-bond acceptors (Lipinski definition) is 5. The lowest BCUT2D eigenvalue weighted by Crippen LogP contribution is -2.46. The van der Waals surface area contributed by atoms with Crippen LogP contribution in [0.2, 0.25) is 0 Å². The monoisotopic (exact) mass is 256 g/mol. The molecule has 1 aliphatic heterocycles. The van der Waals surface area contributed by atoms with Gasteiger partial charge in [-0.05, 0) is 31.3 Å². The number of methoxy groups -OCH3 is 1. The highest BCUT2D eigenvalue weighted by Gasteiger charge is 2.30. The number of nitrogens with zero attached hydrogens (tertiary/aromatic N) is 3. The molecular formula is C11H20N4O3. The third-order valence-corrected chi connectivity index (χ3v) is 2.98. The molecule has 0 aliphatic carbocycles. The van der Waals surface area contributed by atoms with Crippen LogP contribution in [0.25, 0.3) is 10.4 Å². The van der Waals surface area contributed by atoms with Gasteiger partial charge in [0.25, 0.3) is 0 Å². The maximum atomic E-state index is 11.7. The zero-order valence-corrected chi connectivity index (χ0v) is 10.7. The number of ether oxygens (including phenoxy) is 2. The van der Waals surface area contributed by atoms with Gasteiger partial charge in [-0.1, -0.05) is 5.11 Å². The van der Waals surface area contributed by atoms with Gasteiger partial charge in [-0.15, -0.1) is 0 Å². The van der Waals surface area contributed by atoms with Crippen LogP contribution >= 0.6 is 0 Å². The molecule has 7 nitrogen and oxygen atoms in total. The molecule has 7 heteroatoms. The largest absolute Gasteiger partial charge is 0.468 e. The first kappa shape index (κ1) is 14.8. The van der Waals surface area contributed by atoms with Gasteiger partial charge in [0.2, 0.25) is 0 Å². The van der Waals surface area contributed by atoms with Crippen molar-refractivity contribution in [2.24, 2.45) is 11.0 Å². The molecule has 0 amide bonds. The predicted molar refractivity (Wildman–Crippen MR) is 66.0 cm³/mol. The van der Waals surface area contributed by atoms with Gasteiger partial charge in [-0.2, -0.15) is 0 Å². The summed E-state index contributed by atoms with van der Waals surface area (Å²) in [5, 5.41) is 6.61. The Morgan fingerprint density at radius 1 is 1.72 bits per heavy atom. The Labute approximate surface area is 106 Å². The highest BCUT2D eigenvalue weighted by atomic mass is 16.5. The van der Waals surface area contributed by atoms with Crippen molar-refractivity contribution in [3.63, 3.8) is 0 Å². The summed E-state index contributed by atoms with van der Waals surface area (Å²) in [6, 6.07) is -0.332. The summed E-state index contributed by atoms with van der Waals surface area (Å²) in [7, 11) is 1.39. The van der Waals surface area contributed by atoms with Crippen LogP contribution in [-0.2, 0) is 14.3 Å². The minimum Gasteiger partial charge on any atom is -0.468 e. The SMILES string of the molecule is COC(=O)C(NCCCN=[N+]=[N-])C1CCCOC1. The molecule has 2 unspecified atom stereocenters. The van der Waals surface area contributed by atoms with E-state index in [4.69, 9.17) is 15.0 Å². The summed E-state index contributed by atoms with van der Waals surface area (Å²) in [5.74, 6) is -0.0973. The minimum absolute atomic E-state index is 0.158. The summed E-state index contributed by atoms with van der Waals surface area (Å²) in [6.07, 6.45) is 2.63. The van der Waals surface area contributed by atoms with Crippen LogP contribution < -0.4 is 5.32 Å². The normalized spacial score (nSPS) is 20.8. The van der Waals surface area contributed by atoms with Gasteiger partial charge in [0.15, 0.2) is 0 Å². The smallest absolute Gasteiger partial charge is 0.323 e. The lowest BCUT2D eigenvalue weighted by molar-refractivity contribution is -0.146. The van der Waals surface area contributed by atoms with Gasteiger partial charge < -0.3 is 14.8 Å². The quantitative estimate of drug-likeness (QED) is 0.244. The van der Waals surface area contributed by atoms with Gasteiger partial charge in [-0.25, -0.2) is 0 Å². The Morgan fingerprint density at radius 2 is 2.56 bits per heavy atom. The van der Waals surface area contributed by atoms with Crippen molar-refractivity contribution in [1.82, 2.24) is 5.32 Å². The van der Waals surface area contributed by atoms with E-state index in [0.29, 0.717) is 26.1 Å². The average molecular weight is 256 g/mol. The number of carbonyl (C=O) groups excluding carboxylic acids is 1. The number of nitrogens with one attached hydrogen (secondary N) is 1. The van der Waals surface area contributed by atoms with Crippen molar-refractivity contribution >= 4 is 5.97 Å². The first-order valence-electron chi connectivity index (χ1n) is 6.19. The highest BCUT2D eigenvalue weighted by Crippen LogP contribution is 2.18. The highest BCUT2D eigenvalue weighted by molar-refractivity contribution is 5.76. The van der Waals surface area contributed by atoms with Crippen LogP contribution in [0.1, 0.15) is 19.3 Å². The van der Waals surface area contributed by atoms with Gasteiger partial charge >= 0.3 is 5.97 Å². The number of rotatable bonds is 7. The summed E-state index contributed by atoms with van der Waals surface area (Å²) in [4.78, 5) is 14.4. The minimum atomic E-state index is -0.332. The molecule has 0 aromatic rings. The Balaban J connectivity index is 2.39. The maximum Gasteiger partial charge on any atom is 0.323 e. The van der Waals surface area contributed by atoms with Gasteiger partial charge in [0, 0.05) is 24.0 Å². The van der Waals surface area contributed by atoms with E-state index in [1.165, 1.54) is 7.11 Å². The fourth-order valence-electron chi connectivity index (χ4n) is 2.05. The number of hydrogen-bond donors (Lipinski definition) is 1. The number of esters is 1. The molecule has 0 aromatic carbocycles. The summed E-state index contributed by atoms with van der Waals surface area (Å²) in [5.41, 5.74) is 8.15. The van der Waals surface area contributed by atoms with Crippen molar-refractivity contribution in [2.75, 3.05) is 33.4 Å². The lowest BCUT2D eigenvalue weighted by Gasteiger charge is -2.29. The maximum absolute atomic E-state index is 11.7. The van der Waals surface area contributed by atoms with E-state index < -0.39 is 0 Å². The molecule has 0 bridgehead atoms. The second-order valence-electron chi connectivity index (χ2n) is 4.24. The van der Waals surface area contributed by atoms with E-state index in [-0.39, 0.29) is 17.9 Å². The second-order valence-corrected chi connectivity index (χ2v) is 4.24. The Hall–Kier alpha value is -1.30. The molecule has 1 fully saturated rings. The molecule has 0 saturated carbocycles. The fraction of sp³-hybridized carbons (Fsp3) is 0.909. The van der Waals surface area contributed by atoms with Crippen molar-refractivity contribution < 1.29 is 14.3 Å². The van der Waals surface area contributed by atoms with Crippen molar-refractivity contribution in [3.05, 3.63) is 10.4 Å². The molecule has 0 radical (unpaired) electrons. The molecule has 1 saturated heterocycles. The summed E-state index contributed by atoms with van der Waals surface area (Å²) >= 11 is 0. The van der Waals surface area contributed by atoms with E-state index in [1.807, 2.05) is 0 Å². The molecular weight excluding hydrogens is 236 g/mol. The summed E-state index contributed by atoms with van der Waals surface area (Å²) < 4.78 is 10.2. The fourth-order valence-corrected chi connectivity index (χ4v) is 2.05. The predicted octanol–water partition coefficient (Wildman–Crippen LogP) is 1.24. The van der Waals surface area contributed by atoms with E-state index >= 15 is 0 Å². The van der Waals surface area contributed by atoms with Crippen molar-refractivity contribution in [1.29, 1.82) is 0 Å². The van der Waals surface area contributed by atoms with E-state index in [1.54, 1.807) is 0 Å². The van der Waals surface area contributed by atoms with Gasteiger partial charge in [-0.3, -0.25) is 4.79 Å². The van der Waals surface area contributed by atoms with Gasteiger partial charge in [0.1, 0.15) is 6.04 Å². The first-order chi connectivity index (χ1) is 8.79. The topological polar surface area (TPSA) is 96.3 Å². The van der Waals surface area contributed by atoms with Crippen LogP contribution in [0, 0.1) is 5.92 Å². The molecule has 2 atom stereocenters. The second kappa shape index (κ2) is 8.74. The standard InChI is InChI=1S/C11H20N4O3/c1-17-11(16)10(9-4-2-7-18-8-9)13-5-3-6-14-15-12/h9-10,13H,2-8H2,1H3.